The third kappa shape index (κ3) is 5.63. The summed E-state index contributed by atoms with van der Waals surface area (Å²) < 4.78 is 30.0. The summed E-state index contributed by atoms with van der Waals surface area (Å²) in [7, 11) is 0. The van der Waals surface area contributed by atoms with Crippen LogP contribution in [0.25, 0.3) is 0 Å². The van der Waals surface area contributed by atoms with Crippen molar-refractivity contribution in [3.05, 3.63) is 30.1 Å². The summed E-state index contributed by atoms with van der Waals surface area (Å²) in [6.45, 7) is 3.95. The van der Waals surface area contributed by atoms with E-state index in [1.54, 1.807) is 4.90 Å². The number of hydrogen-bond donors (Lipinski definition) is 1. The molecular weight excluding hydrogens is 369 g/mol. The first-order valence-electron chi connectivity index (χ1n) is 9.34. The molecule has 1 atom stereocenters. The van der Waals surface area contributed by atoms with E-state index >= 15 is 0 Å². The predicted octanol–water partition coefficient (Wildman–Crippen LogP) is 0.00970. The number of carbonyl (C=O) groups excluding carboxylic acids is 2. The molecule has 1 aromatic rings. The highest BCUT2D eigenvalue weighted by atomic mass is 19.1. The molecule has 2 heterocycles. The number of nitrogens with two attached hydrogens (primary N) is 1. The minimum Gasteiger partial charge on any atom is -0.490 e. The van der Waals surface area contributed by atoms with Gasteiger partial charge in [-0.15, -0.1) is 0 Å². The van der Waals surface area contributed by atoms with Gasteiger partial charge in [0.2, 0.25) is 11.8 Å². The monoisotopic (exact) mass is 395 g/mol. The molecule has 2 amide bonds. The number of carbonyl (C=O) groups is 2. The van der Waals surface area contributed by atoms with Crippen LogP contribution >= 0.6 is 0 Å². The van der Waals surface area contributed by atoms with E-state index in [0.717, 1.165) is 13.1 Å². The van der Waals surface area contributed by atoms with Gasteiger partial charge >= 0.3 is 0 Å². The van der Waals surface area contributed by atoms with Gasteiger partial charge in [-0.05, 0) is 24.3 Å². The Balaban J connectivity index is 1.64. The van der Waals surface area contributed by atoms with Crippen molar-refractivity contribution in [1.29, 1.82) is 0 Å². The standard InChI is InChI=1S/C19H26FN3O5/c20-15-1-3-16(4-2-15)27-14-19(11-17(21)24)13-23(7-10-28-19)18(25)12-22-5-8-26-9-6-22/h1-4H,5-14H2,(H2,21,24)/t19-/m0/s1. The summed E-state index contributed by atoms with van der Waals surface area (Å²) >= 11 is 0. The first kappa shape index (κ1) is 20.5. The quantitative estimate of drug-likeness (QED) is 0.699. The van der Waals surface area contributed by atoms with Gasteiger partial charge in [-0.1, -0.05) is 0 Å². The van der Waals surface area contributed by atoms with Crippen molar-refractivity contribution in [3.8, 4) is 5.75 Å². The van der Waals surface area contributed by atoms with Crippen molar-refractivity contribution < 1.29 is 28.2 Å². The van der Waals surface area contributed by atoms with Crippen LogP contribution in [0.5, 0.6) is 5.75 Å². The van der Waals surface area contributed by atoms with Crippen LogP contribution in [0.2, 0.25) is 0 Å². The zero-order chi connectivity index (χ0) is 20.0. The topological polar surface area (TPSA) is 94.3 Å². The predicted molar refractivity (Wildman–Crippen MR) is 98.2 cm³/mol. The van der Waals surface area contributed by atoms with Gasteiger partial charge in [0.05, 0.1) is 39.3 Å². The molecule has 8 nitrogen and oxygen atoms in total. The summed E-state index contributed by atoms with van der Waals surface area (Å²) in [6, 6.07) is 5.57. The molecule has 154 valence electrons. The number of ether oxygens (including phenoxy) is 3. The zero-order valence-corrected chi connectivity index (χ0v) is 15.8. The second-order valence-corrected chi connectivity index (χ2v) is 7.12. The number of halogens is 1. The van der Waals surface area contributed by atoms with Gasteiger partial charge < -0.3 is 24.8 Å². The zero-order valence-electron chi connectivity index (χ0n) is 15.8. The van der Waals surface area contributed by atoms with E-state index in [9.17, 15) is 14.0 Å². The van der Waals surface area contributed by atoms with Crippen LogP contribution < -0.4 is 10.5 Å². The van der Waals surface area contributed by atoms with Crippen LogP contribution in [0.15, 0.2) is 24.3 Å². The summed E-state index contributed by atoms with van der Waals surface area (Å²) in [6.07, 6.45) is -0.0739. The van der Waals surface area contributed by atoms with Crippen LogP contribution in [-0.4, -0.2) is 86.4 Å². The molecule has 0 spiro atoms. The normalized spacial score (nSPS) is 23.4. The second kappa shape index (κ2) is 9.31. The van der Waals surface area contributed by atoms with E-state index in [1.807, 2.05) is 4.90 Å². The first-order chi connectivity index (χ1) is 13.5. The van der Waals surface area contributed by atoms with E-state index in [2.05, 4.69) is 0 Å². The van der Waals surface area contributed by atoms with Crippen LogP contribution in [-0.2, 0) is 19.1 Å². The molecule has 0 unspecified atom stereocenters. The lowest BCUT2D eigenvalue weighted by molar-refractivity contribution is -0.163. The maximum atomic E-state index is 13.1. The van der Waals surface area contributed by atoms with Gasteiger partial charge in [-0.25, -0.2) is 4.39 Å². The Labute approximate surface area is 163 Å². The molecule has 2 aliphatic rings. The van der Waals surface area contributed by atoms with Crippen molar-refractivity contribution in [2.24, 2.45) is 5.73 Å². The lowest BCUT2D eigenvalue weighted by atomic mass is 9.97. The number of nitrogens with zero attached hydrogens (tertiary/aromatic N) is 2. The highest BCUT2D eigenvalue weighted by Crippen LogP contribution is 2.24. The Kier molecular flexibility index (Phi) is 6.82. The molecule has 9 heteroatoms. The summed E-state index contributed by atoms with van der Waals surface area (Å²) in [5.74, 6) is -0.482. The average Bonchev–Trinajstić information content (AvgIpc) is 2.68. The fourth-order valence-electron chi connectivity index (χ4n) is 3.42. The SMILES string of the molecule is NC(=O)C[C@@]1(COc2ccc(F)cc2)CN(C(=O)CN2CCOCC2)CCO1. The molecule has 1 aromatic carbocycles. The fourth-order valence-corrected chi connectivity index (χ4v) is 3.42. The van der Waals surface area contributed by atoms with Gasteiger partial charge in [0.1, 0.15) is 23.8 Å². The van der Waals surface area contributed by atoms with Crippen molar-refractivity contribution in [2.45, 2.75) is 12.0 Å². The van der Waals surface area contributed by atoms with Gasteiger partial charge in [-0.2, -0.15) is 0 Å². The molecule has 2 N–H and O–H groups in total. The van der Waals surface area contributed by atoms with Gasteiger partial charge in [0.25, 0.3) is 0 Å². The third-order valence-electron chi connectivity index (χ3n) is 4.88. The lowest BCUT2D eigenvalue weighted by Crippen LogP contribution is -2.59. The molecule has 0 radical (unpaired) electrons. The number of primary amides is 1. The summed E-state index contributed by atoms with van der Waals surface area (Å²) in [5, 5.41) is 0. The Morgan fingerprint density at radius 2 is 1.86 bits per heavy atom. The highest BCUT2D eigenvalue weighted by molar-refractivity contribution is 5.79. The highest BCUT2D eigenvalue weighted by Gasteiger charge is 2.41. The first-order valence-corrected chi connectivity index (χ1v) is 9.34. The minimum atomic E-state index is -1.03. The summed E-state index contributed by atoms with van der Waals surface area (Å²) in [5.41, 5.74) is 4.39. The molecule has 2 fully saturated rings. The number of rotatable bonds is 7. The van der Waals surface area contributed by atoms with E-state index < -0.39 is 11.5 Å². The van der Waals surface area contributed by atoms with Crippen molar-refractivity contribution in [3.63, 3.8) is 0 Å². The van der Waals surface area contributed by atoms with E-state index in [-0.39, 0.29) is 37.9 Å². The third-order valence-corrected chi connectivity index (χ3v) is 4.88. The van der Waals surface area contributed by atoms with E-state index in [4.69, 9.17) is 19.9 Å². The summed E-state index contributed by atoms with van der Waals surface area (Å²) in [4.78, 5) is 28.1. The lowest BCUT2D eigenvalue weighted by Gasteiger charge is -2.42. The second-order valence-electron chi connectivity index (χ2n) is 7.12. The Bertz CT molecular complexity index is 681. The average molecular weight is 395 g/mol. The van der Waals surface area contributed by atoms with Crippen LogP contribution in [0.1, 0.15) is 6.42 Å². The largest absolute Gasteiger partial charge is 0.490 e. The molecule has 3 rings (SSSR count). The van der Waals surface area contributed by atoms with Crippen molar-refractivity contribution in [2.75, 3.05) is 59.2 Å². The molecule has 2 saturated heterocycles. The minimum absolute atomic E-state index is 0.0270. The molecule has 2 aliphatic heterocycles. The number of amides is 2. The van der Waals surface area contributed by atoms with Gasteiger partial charge in [-0.3, -0.25) is 14.5 Å². The van der Waals surface area contributed by atoms with Crippen molar-refractivity contribution in [1.82, 2.24) is 9.80 Å². The van der Waals surface area contributed by atoms with Crippen LogP contribution in [0, 0.1) is 5.82 Å². The molecule has 28 heavy (non-hydrogen) atoms. The number of hydrogen-bond acceptors (Lipinski definition) is 6. The van der Waals surface area contributed by atoms with Gasteiger partial charge in [0, 0.05) is 19.6 Å². The van der Waals surface area contributed by atoms with Crippen molar-refractivity contribution >= 4 is 11.8 Å². The number of morpholine rings is 2. The maximum Gasteiger partial charge on any atom is 0.236 e. The smallest absolute Gasteiger partial charge is 0.236 e. The molecular formula is C19H26FN3O5. The Hall–Kier alpha value is -2.23. The van der Waals surface area contributed by atoms with Crippen LogP contribution in [0.4, 0.5) is 4.39 Å². The number of benzene rings is 1. The molecule has 0 bridgehead atoms. The molecule has 0 saturated carbocycles. The molecule has 0 aliphatic carbocycles. The van der Waals surface area contributed by atoms with Gasteiger partial charge in [0.15, 0.2) is 0 Å². The van der Waals surface area contributed by atoms with E-state index in [1.165, 1.54) is 24.3 Å². The Morgan fingerprint density at radius 1 is 1.14 bits per heavy atom. The van der Waals surface area contributed by atoms with Crippen LogP contribution in [0.3, 0.4) is 0 Å². The maximum absolute atomic E-state index is 13.1. The Morgan fingerprint density at radius 3 is 2.54 bits per heavy atom. The molecule has 0 aromatic heterocycles. The van der Waals surface area contributed by atoms with E-state index in [0.29, 0.717) is 32.1 Å². The fraction of sp³-hybridized carbons (Fsp3) is 0.579.